The number of carbonyl (C=O) groups is 1. The lowest BCUT2D eigenvalue weighted by Crippen LogP contribution is -2.23. The zero-order valence-corrected chi connectivity index (χ0v) is 9.68. The summed E-state index contributed by atoms with van der Waals surface area (Å²) < 4.78 is 27.1. The van der Waals surface area contributed by atoms with Gasteiger partial charge in [0.15, 0.2) is 9.84 Å². The Labute approximate surface area is 99.0 Å². The summed E-state index contributed by atoms with van der Waals surface area (Å²) in [4.78, 5) is 11.4. The molecule has 1 atom stereocenters. The Hall–Kier alpha value is -1.82. The highest BCUT2D eigenvalue weighted by molar-refractivity contribution is 7.94. The highest BCUT2D eigenvalue weighted by Gasteiger charge is 2.24. The molecule has 2 rings (SSSR count). The molecule has 1 N–H and O–H groups in total. The topological polar surface area (TPSA) is 72.5 Å². The molecule has 0 aromatic heterocycles. The number of nitrogens with one attached hydrogen (secondary N) is 1. The third-order valence-corrected chi connectivity index (χ3v) is 3.54. The summed E-state index contributed by atoms with van der Waals surface area (Å²) >= 11 is 0. The number of hydrogen-bond acceptors (Lipinski definition) is 4. The molecule has 0 radical (unpaired) electrons. The lowest BCUT2D eigenvalue weighted by molar-refractivity contribution is 0.144. The van der Waals surface area contributed by atoms with Crippen molar-refractivity contribution < 1.29 is 17.9 Å². The van der Waals surface area contributed by atoms with Crippen molar-refractivity contribution in [2.75, 3.05) is 11.1 Å². The van der Waals surface area contributed by atoms with Crippen molar-refractivity contribution in [3.63, 3.8) is 0 Å². The summed E-state index contributed by atoms with van der Waals surface area (Å²) in [5.41, 5.74) is 0.599. The van der Waals surface area contributed by atoms with Crippen LogP contribution in [0.4, 0.5) is 10.5 Å². The lowest BCUT2D eigenvalue weighted by atomic mass is 10.3. The Morgan fingerprint density at radius 2 is 2.00 bits per heavy atom. The Morgan fingerprint density at radius 3 is 2.59 bits per heavy atom. The number of amides is 1. The molecule has 0 unspecified atom stereocenters. The van der Waals surface area contributed by atoms with Gasteiger partial charge in [0.1, 0.15) is 6.10 Å². The van der Waals surface area contributed by atoms with Crippen molar-refractivity contribution >= 4 is 21.6 Å². The van der Waals surface area contributed by atoms with Crippen molar-refractivity contribution in [3.05, 3.63) is 41.8 Å². The van der Waals surface area contributed by atoms with E-state index in [1.54, 1.807) is 24.3 Å². The van der Waals surface area contributed by atoms with E-state index in [-0.39, 0.29) is 5.75 Å². The molecular formula is C11H11NO4S. The van der Waals surface area contributed by atoms with Crippen LogP contribution in [0, 0.1) is 0 Å². The van der Waals surface area contributed by atoms with Crippen LogP contribution in [0.1, 0.15) is 0 Å². The predicted octanol–water partition coefficient (Wildman–Crippen LogP) is 1.55. The van der Waals surface area contributed by atoms with Gasteiger partial charge in [0, 0.05) is 11.1 Å². The fourth-order valence-electron chi connectivity index (χ4n) is 1.43. The second kappa shape index (κ2) is 4.58. The van der Waals surface area contributed by atoms with Gasteiger partial charge in [-0.1, -0.05) is 18.2 Å². The molecule has 0 saturated carbocycles. The van der Waals surface area contributed by atoms with Gasteiger partial charge in [-0.2, -0.15) is 0 Å². The zero-order chi connectivity index (χ0) is 12.3. The van der Waals surface area contributed by atoms with Gasteiger partial charge in [0.2, 0.25) is 0 Å². The lowest BCUT2D eigenvalue weighted by Gasteiger charge is -2.10. The molecule has 1 aliphatic rings. The Morgan fingerprint density at radius 1 is 1.29 bits per heavy atom. The van der Waals surface area contributed by atoms with E-state index in [1.807, 2.05) is 6.07 Å². The fraction of sp³-hybridized carbons (Fsp3) is 0.182. The molecular weight excluding hydrogens is 242 g/mol. The standard InChI is InChI=1S/C11H11NO4S/c13-11(12-9-4-2-1-3-5-9)16-10-6-7-17(14,15)8-10/h1-7,10H,8H2,(H,12,13)/t10-/m0/s1. The van der Waals surface area contributed by atoms with Crippen LogP contribution in [0.25, 0.3) is 0 Å². The van der Waals surface area contributed by atoms with E-state index in [1.165, 1.54) is 6.08 Å². The van der Waals surface area contributed by atoms with Gasteiger partial charge in [0.25, 0.3) is 0 Å². The number of ether oxygens (including phenoxy) is 1. The van der Waals surface area contributed by atoms with Gasteiger partial charge in [-0.15, -0.1) is 0 Å². The van der Waals surface area contributed by atoms with Gasteiger partial charge in [0.05, 0.1) is 5.75 Å². The Kier molecular flexibility index (Phi) is 3.14. The Balaban J connectivity index is 1.89. The van der Waals surface area contributed by atoms with Crippen LogP contribution in [0.3, 0.4) is 0 Å². The molecule has 0 spiro atoms. The minimum Gasteiger partial charge on any atom is -0.441 e. The summed E-state index contributed by atoms with van der Waals surface area (Å²) in [5.74, 6) is -0.185. The van der Waals surface area contributed by atoms with E-state index in [4.69, 9.17) is 4.74 Å². The van der Waals surface area contributed by atoms with Gasteiger partial charge in [-0.3, -0.25) is 5.32 Å². The minimum absolute atomic E-state index is 0.185. The first-order chi connectivity index (χ1) is 8.05. The highest BCUT2D eigenvalue weighted by atomic mass is 32.2. The molecule has 1 amide bonds. The Bertz CT molecular complexity index is 536. The quantitative estimate of drug-likeness (QED) is 0.867. The molecule has 0 fully saturated rings. The molecule has 17 heavy (non-hydrogen) atoms. The maximum absolute atomic E-state index is 11.4. The zero-order valence-electron chi connectivity index (χ0n) is 8.87. The number of hydrogen-bond donors (Lipinski definition) is 1. The maximum atomic E-state index is 11.4. The van der Waals surface area contributed by atoms with E-state index < -0.39 is 22.0 Å². The van der Waals surface area contributed by atoms with Crippen molar-refractivity contribution in [1.82, 2.24) is 0 Å². The second-order valence-electron chi connectivity index (χ2n) is 3.59. The average molecular weight is 253 g/mol. The normalized spacial score (nSPS) is 21.1. The number of para-hydroxylation sites is 1. The molecule has 0 aliphatic carbocycles. The van der Waals surface area contributed by atoms with Crippen LogP contribution in [0.2, 0.25) is 0 Å². The highest BCUT2D eigenvalue weighted by Crippen LogP contribution is 2.13. The molecule has 6 heteroatoms. The molecule has 1 aromatic carbocycles. The largest absolute Gasteiger partial charge is 0.441 e. The maximum Gasteiger partial charge on any atom is 0.412 e. The SMILES string of the molecule is O=C(Nc1ccccc1)O[C@H]1C=CS(=O)(=O)C1. The van der Waals surface area contributed by atoms with Crippen molar-refractivity contribution in [1.29, 1.82) is 0 Å². The number of benzene rings is 1. The number of sulfone groups is 1. The van der Waals surface area contributed by atoms with E-state index >= 15 is 0 Å². The monoisotopic (exact) mass is 253 g/mol. The fourth-order valence-corrected chi connectivity index (χ4v) is 2.59. The molecule has 0 saturated heterocycles. The molecule has 5 nitrogen and oxygen atoms in total. The van der Waals surface area contributed by atoms with Crippen molar-refractivity contribution in [2.45, 2.75) is 6.10 Å². The van der Waals surface area contributed by atoms with E-state index in [0.29, 0.717) is 5.69 Å². The third kappa shape index (κ3) is 3.32. The average Bonchev–Trinajstić information content (AvgIpc) is 2.59. The third-order valence-electron chi connectivity index (χ3n) is 2.18. The van der Waals surface area contributed by atoms with Crippen LogP contribution < -0.4 is 5.32 Å². The minimum atomic E-state index is -3.20. The molecule has 0 bridgehead atoms. The van der Waals surface area contributed by atoms with Gasteiger partial charge < -0.3 is 4.74 Å². The van der Waals surface area contributed by atoms with E-state index in [0.717, 1.165) is 5.41 Å². The van der Waals surface area contributed by atoms with Crippen LogP contribution in [0.5, 0.6) is 0 Å². The number of rotatable bonds is 2. The molecule has 1 aromatic rings. The first kappa shape index (κ1) is 11.7. The van der Waals surface area contributed by atoms with Crippen molar-refractivity contribution in [3.8, 4) is 0 Å². The number of carbonyl (C=O) groups excluding carboxylic acids is 1. The molecule has 1 heterocycles. The van der Waals surface area contributed by atoms with Crippen LogP contribution in [-0.4, -0.2) is 26.4 Å². The van der Waals surface area contributed by atoms with Gasteiger partial charge >= 0.3 is 6.09 Å². The van der Waals surface area contributed by atoms with Gasteiger partial charge in [-0.05, 0) is 18.2 Å². The molecule has 90 valence electrons. The first-order valence-electron chi connectivity index (χ1n) is 4.99. The summed E-state index contributed by atoms with van der Waals surface area (Å²) in [6, 6.07) is 8.79. The van der Waals surface area contributed by atoms with Crippen LogP contribution >= 0.6 is 0 Å². The van der Waals surface area contributed by atoms with Crippen LogP contribution in [0.15, 0.2) is 41.8 Å². The van der Waals surface area contributed by atoms with Crippen molar-refractivity contribution in [2.24, 2.45) is 0 Å². The second-order valence-corrected chi connectivity index (χ2v) is 5.52. The van der Waals surface area contributed by atoms with Crippen LogP contribution in [-0.2, 0) is 14.6 Å². The predicted molar refractivity (Wildman–Crippen MR) is 63.3 cm³/mol. The number of anilines is 1. The van der Waals surface area contributed by atoms with E-state index in [9.17, 15) is 13.2 Å². The summed E-state index contributed by atoms with van der Waals surface area (Å²) in [7, 11) is -3.20. The van der Waals surface area contributed by atoms with Gasteiger partial charge in [-0.25, -0.2) is 13.2 Å². The first-order valence-corrected chi connectivity index (χ1v) is 6.70. The summed E-state index contributed by atoms with van der Waals surface area (Å²) in [5, 5.41) is 3.57. The summed E-state index contributed by atoms with van der Waals surface area (Å²) in [6.45, 7) is 0. The summed E-state index contributed by atoms with van der Waals surface area (Å²) in [6.07, 6.45) is -0.00781. The smallest absolute Gasteiger partial charge is 0.412 e. The van der Waals surface area contributed by atoms with E-state index in [2.05, 4.69) is 5.32 Å². The molecule has 1 aliphatic heterocycles.